The number of hydrogen-bond acceptors (Lipinski definition) is 3. The minimum atomic E-state index is -0.201. The van der Waals surface area contributed by atoms with Crippen LogP contribution in [0.5, 0.6) is 0 Å². The molecule has 2 bridgehead atoms. The molecule has 1 amide bonds. The van der Waals surface area contributed by atoms with Gasteiger partial charge in [0.2, 0.25) is 5.91 Å². The van der Waals surface area contributed by atoms with Crippen LogP contribution in [0.4, 0.5) is 4.39 Å². The van der Waals surface area contributed by atoms with Gasteiger partial charge in [0.15, 0.2) is 0 Å². The van der Waals surface area contributed by atoms with E-state index in [2.05, 4.69) is 10.2 Å². The molecule has 1 N–H and O–H groups in total. The molecule has 0 radical (unpaired) electrons. The van der Waals surface area contributed by atoms with Gasteiger partial charge in [-0.05, 0) is 36.5 Å². The Morgan fingerprint density at radius 3 is 2.65 bits per heavy atom. The van der Waals surface area contributed by atoms with Gasteiger partial charge in [-0.15, -0.1) is 0 Å². The van der Waals surface area contributed by atoms with Crippen molar-refractivity contribution in [3.63, 3.8) is 0 Å². The van der Waals surface area contributed by atoms with Gasteiger partial charge in [0.05, 0.1) is 25.6 Å². The lowest BCUT2D eigenvalue weighted by Gasteiger charge is -2.55. The van der Waals surface area contributed by atoms with Gasteiger partial charge in [-0.3, -0.25) is 4.79 Å². The number of hydroxylamine groups is 3. The van der Waals surface area contributed by atoms with Crippen molar-refractivity contribution in [1.82, 2.24) is 10.2 Å². The fourth-order valence-electron chi connectivity index (χ4n) is 4.85. The Labute approximate surface area is 154 Å². The largest absolute Gasteiger partial charge is 0.633 e. The average molecular weight is 361 g/mol. The average Bonchev–Trinajstić information content (AvgIpc) is 3.08. The van der Waals surface area contributed by atoms with Crippen LogP contribution in [0.1, 0.15) is 24.8 Å². The third-order valence-corrected chi connectivity index (χ3v) is 6.50. The lowest BCUT2D eigenvalue weighted by molar-refractivity contribution is -0.900. The predicted molar refractivity (Wildman–Crippen MR) is 97.5 cm³/mol. The van der Waals surface area contributed by atoms with E-state index in [0.29, 0.717) is 25.6 Å². The number of piperidine rings is 3. The third-order valence-electron chi connectivity index (χ3n) is 6.50. The zero-order valence-corrected chi connectivity index (χ0v) is 15.2. The van der Waals surface area contributed by atoms with E-state index in [-0.39, 0.29) is 28.3 Å². The minimum absolute atomic E-state index is 0.0942. The van der Waals surface area contributed by atoms with E-state index in [4.69, 9.17) is 0 Å². The van der Waals surface area contributed by atoms with Crippen molar-refractivity contribution < 1.29 is 13.8 Å². The Balaban J connectivity index is 1.24. The fraction of sp³-hybridized carbons (Fsp3) is 0.650. The summed E-state index contributed by atoms with van der Waals surface area (Å²) in [6, 6.07) is 6.86. The first-order valence-electron chi connectivity index (χ1n) is 9.85. The molecule has 4 fully saturated rings. The van der Waals surface area contributed by atoms with Gasteiger partial charge < -0.3 is 20.1 Å². The zero-order valence-electron chi connectivity index (χ0n) is 15.2. The first-order valence-corrected chi connectivity index (χ1v) is 9.85. The SMILES string of the molecule is O=C(N[C@H]1CCN(CCc2ccc(F)cc2)C1)C1C[N+]2([O-])CCC1CC2. The number of quaternary nitrogens is 1. The molecule has 5 rings (SSSR count). The zero-order chi connectivity index (χ0) is 18.1. The highest BCUT2D eigenvalue weighted by atomic mass is 19.1. The number of fused-ring (bicyclic) bond motifs is 3. The van der Waals surface area contributed by atoms with Crippen molar-refractivity contribution in [2.45, 2.75) is 31.7 Å². The van der Waals surface area contributed by atoms with Crippen LogP contribution >= 0.6 is 0 Å². The van der Waals surface area contributed by atoms with Gasteiger partial charge in [-0.25, -0.2) is 4.39 Å². The molecule has 4 aliphatic rings. The lowest BCUT2D eigenvalue weighted by atomic mass is 9.78. The first kappa shape index (κ1) is 17.9. The van der Waals surface area contributed by atoms with Gasteiger partial charge in [0.1, 0.15) is 5.82 Å². The number of hydrogen-bond donors (Lipinski definition) is 1. The first-order chi connectivity index (χ1) is 12.5. The monoisotopic (exact) mass is 361 g/mol. The number of nitrogens with zero attached hydrogens (tertiary/aromatic N) is 2. The second-order valence-corrected chi connectivity index (χ2v) is 8.30. The second kappa shape index (κ2) is 7.25. The topological polar surface area (TPSA) is 55.4 Å². The van der Waals surface area contributed by atoms with Crippen LogP contribution in [0, 0.1) is 22.9 Å². The molecule has 0 saturated carbocycles. The lowest BCUT2D eigenvalue weighted by Crippen LogP contribution is -2.61. The molecular weight excluding hydrogens is 333 g/mol. The highest BCUT2D eigenvalue weighted by molar-refractivity contribution is 5.79. The van der Waals surface area contributed by atoms with Crippen molar-refractivity contribution in [2.24, 2.45) is 11.8 Å². The Morgan fingerprint density at radius 1 is 1.23 bits per heavy atom. The summed E-state index contributed by atoms with van der Waals surface area (Å²) in [4.78, 5) is 15.0. The molecule has 4 saturated heterocycles. The van der Waals surface area contributed by atoms with Crippen LogP contribution in [0.25, 0.3) is 0 Å². The highest BCUT2D eigenvalue weighted by Gasteiger charge is 2.45. The molecule has 5 nitrogen and oxygen atoms in total. The van der Waals surface area contributed by atoms with Crippen LogP contribution in [-0.4, -0.2) is 60.8 Å². The number of halogens is 1. The quantitative estimate of drug-likeness (QED) is 0.644. The van der Waals surface area contributed by atoms with Crippen molar-refractivity contribution in [3.8, 4) is 0 Å². The van der Waals surface area contributed by atoms with E-state index in [1.807, 2.05) is 12.1 Å². The summed E-state index contributed by atoms with van der Waals surface area (Å²) < 4.78 is 12.8. The summed E-state index contributed by atoms with van der Waals surface area (Å²) >= 11 is 0. The Hall–Kier alpha value is -1.50. The minimum Gasteiger partial charge on any atom is -0.633 e. The third kappa shape index (κ3) is 3.92. The molecular formula is C20H28FN3O2. The molecule has 2 atom stereocenters. The molecule has 0 aromatic heterocycles. The molecule has 4 aliphatic heterocycles. The molecule has 1 unspecified atom stereocenters. The van der Waals surface area contributed by atoms with Gasteiger partial charge in [0, 0.05) is 38.5 Å². The molecule has 4 heterocycles. The molecule has 6 heteroatoms. The summed E-state index contributed by atoms with van der Waals surface area (Å²) in [6.45, 7) is 4.61. The van der Waals surface area contributed by atoms with E-state index in [1.165, 1.54) is 12.1 Å². The summed E-state index contributed by atoms with van der Waals surface area (Å²) in [5, 5.41) is 15.7. The van der Waals surface area contributed by atoms with E-state index in [9.17, 15) is 14.4 Å². The number of likely N-dealkylation sites (tertiary alicyclic amines) is 1. The smallest absolute Gasteiger partial charge is 0.229 e. The Morgan fingerprint density at radius 2 is 1.96 bits per heavy atom. The normalized spacial score (nSPS) is 34.2. The van der Waals surface area contributed by atoms with Gasteiger partial charge in [0.25, 0.3) is 0 Å². The van der Waals surface area contributed by atoms with E-state index in [1.54, 1.807) is 0 Å². The molecule has 1 aromatic carbocycles. The van der Waals surface area contributed by atoms with Crippen LogP contribution in [0.3, 0.4) is 0 Å². The highest BCUT2D eigenvalue weighted by Crippen LogP contribution is 2.37. The number of benzene rings is 1. The summed E-state index contributed by atoms with van der Waals surface area (Å²) in [5.74, 6) is 0.203. The maximum atomic E-state index is 13.0. The number of carbonyl (C=O) groups is 1. The van der Waals surface area contributed by atoms with Crippen molar-refractivity contribution in [1.29, 1.82) is 0 Å². The standard InChI is InChI=1S/C20H28FN3O2/c21-17-3-1-15(2-4-17)5-9-23-10-6-18(13-23)22-20(25)19-14-24(26)11-7-16(19)8-12-24/h1-4,16,18-19H,5-14H2,(H,22,25)/t16?,18-,19?,24?/m0/s1. The van der Waals surface area contributed by atoms with Crippen LogP contribution in [0.15, 0.2) is 24.3 Å². The van der Waals surface area contributed by atoms with Crippen LogP contribution in [0.2, 0.25) is 0 Å². The second-order valence-electron chi connectivity index (χ2n) is 8.30. The number of nitrogens with one attached hydrogen (secondary N) is 1. The Bertz CT molecular complexity index is 643. The maximum Gasteiger partial charge on any atom is 0.229 e. The fourth-order valence-corrected chi connectivity index (χ4v) is 4.85. The van der Waals surface area contributed by atoms with E-state index in [0.717, 1.165) is 50.9 Å². The van der Waals surface area contributed by atoms with Crippen molar-refractivity contribution in [2.75, 3.05) is 39.3 Å². The summed E-state index contributed by atoms with van der Waals surface area (Å²) in [6.07, 6.45) is 3.65. The van der Waals surface area contributed by atoms with Gasteiger partial charge in [-0.1, -0.05) is 12.1 Å². The summed E-state index contributed by atoms with van der Waals surface area (Å²) in [5.41, 5.74) is 1.13. The maximum absolute atomic E-state index is 13.0. The predicted octanol–water partition coefficient (Wildman–Crippen LogP) is 1.91. The molecule has 1 aromatic rings. The molecule has 0 spiro atoms. The van der Waals surface area contributed by atoms with E-state index >= 15 is 0 Å². The molecule has 0 aliphatic carbocycles. The Kier molecular flexibility index (Phi) is 4.99. The number of carbonyl (C=O) groups excluding carboxylic acids is 1. The molecule has 142 valence electrons. The van der Waals surface area contributed by atoms with Crippen LogP contribution < -0.4 is 5.32 Å². The molecule has 26 heavy (non-hydrogen) atoms. The van der Waals surface area contributed by atoms with Gasteiger partial charge in [-0.2, -0.15) is 0 Å². The van der Waals surface area contributed by atoms with Crippen molar-refractivity contribution >= 4 is 5.91 Å². The number of amides is 1. The van der Waals surface area contributed by atoms with Crippen molar-refractivity contribution in [3.05, 3.63) is 40.9 Å². The summed E-state index contributed by atoms with van der Waals surface area (Å²) in [7, 11) is 0. The number of rotatable bonds is 5. The van der Waals surface area contributed by atoms with Gasteiger partial charge >= 0.3 is 0 Å². The van der Waals surface area contributed by atoms with E-state index < -0.39 is 0 Å². The van der Waals surface area contributed by atoms with Crippen LogP contribution in [-0.2, 0) is 11.2 Å².